The van der Waals surface area contributed by atoms with Gasteiger partial charge in [-0.05, 0) is 61.2 Å². The van der Waals surface area contributed by atoms with Crippen molar-refractivity contribution in [2.45, 2.75) is 38.6 Å². The third-order valence-corrected chi connectivity index (χ3v) is 7.15. The first-order chi connectivity index (χ1) is 16.4. The maximum atomic E-state index is 13.4. The van der Waals surface area contributed by atoms with Gasteiger partial charge in [0.2, 0.25) is 11.8 Å². The van der Waals surface area contributed by atoms with Gasteiger partial charge in [-0.15, -0.1) is 0 Å². The van der Waals surface area contributed by atoms with E-state index in [0.717, 1.165) is 30.2 Å². The molecule has 0 bridgehead atoms. The summed E-state index contributed by atoms with van der Waals surface area (Å²) in [7, 11) is 0. The van der Waals surface area contributed by atoms with Crippen molar-refractivity contribution in [1.82, 2.24) is 9.80 Å². The summed E-state index contributed by atoms with van der Waals surface area (Å²) >= 11 is 3.44. The van der Waals surface area contributed by atoms with Crippen LogP contribution in [0.4, 0.5) is 11.4 Å². The molecule has 2 aliphatic rings. The monoisotopic (exact) mass is 526 g/mol. The average molecular weight is 527 g/mol. The predicted molar refractivity (Wildman–Crippen MR) is 137 cm³/mol. The molecule has 1 aliphatic carbocycles. The van der Waals surface area contributed by atoms with Gasteiger partial charge in [0.15, 0.2) is 0 Å². The summed E-state index contributed by atoms with van der Waals surface area (Å²) in [6, 6.07) is 14.4. The molecule has 2 fully saturated rings. The Kier molecular flexibility index (Phi) is 8.00. The molecule has 2 aromatic rings. The molecule has 1 saturated carbocycles. The fraction of sp³-hybridized carbons (Fsp3) is 0.423. The van der Waals surface area contributed by atoms with E-state index in [4.69, 9.17) is 0 Å². The zero-order valence-electron chi connectivity index (χ0n) is 19.4. The molecule has 4 rings (SSSR count). The fourth-order valence-electron chi connectivity index (χ4n) is 5.01. The second kappa shape index (κ2) is 11.1. The standard InChI is InChI=1S/C26H31BrN4O3/c1-18(32)28-22-9-11-23(12-10-22)29-25(33)24(19-5-2-3-6-19)30-13-15-31(16-14-30)26(34)20-7-4-8-21(27)17-20/h4,7-12,17,19,24H,2-3,5-6,13-16H2,1H3,(H,28,32)(H,29,33). The molecule has 1 unspecified atom stereocenters. The molecule has 0 radical (unpaired) electrons. The Morgan fingerprint density at radius 3 is 2.12 bits per heavy atom. The number of nitrogens with one attached hydrogen (secondary N) is 2. The molecular weight excluding hydrogens is 496 g/mol. The summed E-state index contributed by atoms with van der Waals surface area (Å²) in [6.45, 7) is 4.03. The van der Waals surface area contributed by atoms with Gasteiger partial charge in [0.1, 0.15) is 0 Å². The quantitative estimate of drug-likeness (QED) is 0.585. The lowest BCUT2D eigenvalue weighted by atomic mass is 9.94. The Morgan fingerprint density at radius 2 is 1.53 bits per heavy atom. The molecular formula is C26H31BrN4O3. The van der Waals surface area contributed by atoms with Crippen LogP contribution in [0.15, 0.2) is 53.0 Å². The summed E-state index contributed by atoms with van der Waals surface area (Å²) in [5.74, 6) is 0.231. The predicted octanol–water partition coefficient (Wildman–Crippen LogP) is 4.36. The van der Waals surface area contributed by atoms with Crippen LogP contribution in [0.25, 0.3) is 0 Å². The number of benzene rings is 2. The van der Waals surface area contributed by atoms with Crippen molar-refractivity contribution in [3.63, 3.8) is 0 Å². The highest BCUT2D eigenvalue weighted by Crippen LogP contribution is 2.32. The van der Waals surface area contributed by atoms with Crippen LogP contribution in [-0.2, 0) is 9.59 Å². The first-order valence-electron chi connectivity index (χ1n) is 11.9. The molecule has 1 aliphatic heterocycles. The van der Waals surface area contributed by atoms with Gasteiger partial charge < -0.3 is 15.5 Å². The molecule has 180 valence electrons. The lowest BCUT2D eigenvalue weighted by Gasteiger charge is -2.40. The minimum atomic E-state index is -0.208. The molecule has 3 amide bonds. The summed E-state index contributed by atoms with van der Waals surface area (Å²) in [5, 5.41) is 5.82. The largest absolute Gasteiger partial charge is 0.336 e. The highest BCUT2D eigenvalue weighted by Gasteiger charge is 2.37. The number of piperazine rings is 1. The number of carbonyl (C=O) groups excluding carboxylic acids is 3. The molecule has 1 heterocycles. The van der Waals surface area contributed by atoms with Crippen LogP contribution in [0.5, 0.6) is 0 Å². The van der Waals surface area contributed by atoms with Crippen molar-refractivity contribution in [2.75, 3.05) is 36.8 Å². The van der Waals surface area contributed by atoms with E-state index in [-0.39, 0.29) is 23.8 Å². The topological polar surface area (TPSA) is 81.8 Å². The Hall–Kier alpha value is -2.71. The van der Waals surface area contributed by atoms with Crippen LogP contribution in [0.2, 0.25) is 0 Å². The molecule has 2 aromatic carbocycles. The van der Waals surface area contributed by atoms with E-state index in [1.807, 2.05) is 41.3 Å². The first-order valence-corrected chi connectivity index (χ1v) is 12.7. The van der Waals surface area contributed by atoms with Gasteiger partial charge in [-0.3, -0.25) is 19.3 Å². The van der Waals surface area contributed by atoms with Crippen LogP contribution in [0.1, 0.15) is 43.0 Å². The second-order valence-corrected chi connectivity index (χ2v) is 9.99. The van der Waals surface area contributed by atoms with E-state index < -0.39 is 0 Å². The first kappa shape index (κ1) is 24.4. The molecule has 0 spiro atoms. The second-order valence-electron chi connectivity index (χ2n) is 9.08. The lowest BCUT2D eigenvalue weighted by molar-refractivity contribution is -0.124. The van der Waals surface area contributed by atoms with Crippen molar-refractivity contribution < 1.29 is 14.4 Å². The molecule has 34 heavy (non-hydrogen) atoms. The Balaban J connectivity index is 1.41. The lowest BCUT2D eigenvalue weighted by Crippen LogP contribution is -2.56. The minimum Gasteiger partial charge on any atom is -0.336 e. The third kappa shape index (κ3) is 6.04. The molecule has 1 saturated heterocycles. The fourth-order valence-corrected chi connectivity index (χ4v) is 5.41. The van der Waals surface area contributed by atoms with Crippen molar-refractivity contribution in [3.8, 4) is 0 Å². The zero-order chi connectivity index (χ0) is 24.1. The Labute approximate surface area is 209 Å². The Bertz CT molecular complexity index is 1030. The highest BCUT2D eigenvalue weighted by atomic mass is 79.9. The molecule has 8 heteroatoms. The zero-order valence-corrected chi connectivity index (χ0v) is 21.0. The van der Waals surface area contributed by atoms with Gasteiger partial charge in [0.25, 0.3) is 5.91 Å². The number of carbonyl (C=O) groups is 3. The number of rotatable bonds is 6. The van der Waals surface area contributed by atoms with Crippen molar-refractivity contribution in [1.29, 1.82) is 0 Å². The van der Waals surface area contributed by atoms with E-state index in [9.17, 15) is 14.4 Å². The SMILES string of the molecule is CC(=O)Nc1ccc(NC(=O)C(C2CCCC2)N2CCN(C(=O)c3cccc(Br)c3)CC2)cc1. The van der Waals surface area contributed by atoms with Crippen LogP contribution < -0.4 is 10.6 Å². The Morgan fingerprint density at radius 1 is 0.912 bits per heavy atom. The summed E-state index contributed by atoms with van der Waals surface area (Å²) in [5.41, 5.74) is 2.09. The maximum Gasteiger partial charge on any atom is 0.253 e. The third-order valence-electron chi connectivity index (χ3n) is 6.65. The van der Waals surface area contributed by atoms with E-state index in [1.54, 1.807) is 12.1 Å². The van der Waals surface area contributed by atoms with Crippen LogP contribution in [0.3, 0.4) is 0 Å². The summed E-state index contributed by atoms with van der Waals surface area (Å²) in [6.07, 6.45) is 4.41. The average Bonchev–Trinajstić information content (AvgIpc) is 3.34. The number of amides is 3. The minimum absolute atomic E-state index is 0.00550. The van der Waals surface area contributed by atoms with Gasteiger partial charge in [-0.2, -0.15) is 0 Å². The smallest absolute Gasteiger partial charge is 0.253 e. The molecule has 2 N–H and O–H groups in total. The number of anilines is 2. The molecule has 7 nitrogen and oxygen atoms in total. The summed E-state index contributed by atoms with van der Waals surface area (Å²) in [4.78, 5) is 41.7. The van der Waals surface area contributed by atoms with Gasteiger partial charge in [0, 0.05) is 54.5 Å². The highest BCUT2D eigenvalue weighted by molar-refractivity contribution is 9.10. The maximum absolute atomic E-state index is 13.4. The molecule has 0 aromatic heterocycles. The van der Waals surface area contributed by atoms with E-state index in [0.29, 0.717) is 49.0 Å². The van der Waals surface area contributed by atoms with Crippen molar-refractivity contribution in [3.05, 3.63) is 58.6 Å². The van der Waals surface area contributed by atoms with Gasteiger partial charge in [-0.25, -0.2) is 0 Å². The summed E-state index contributed by atoms with van der Waals surface area (Å²) < 4.78 is 0.889. The van der Waals surface area contributed by atoms with Crippen LogP contribution in [0, 0.1) is 5.92 Å². The van der Waals surface area contributed by atoms with E-state index in [1.165, 1.54) is 6.92 Å². The van der Waals surface area contributed by atoms with Gasteiger partial charge in [-0.1, -0.05) is 34.8 Å². The van der Waals surface area contributed by atoms with Gasteiger partial charge >= 0.3 is 0 Å². The number of halogens is 1. The van der Waals surface area contributed by atoms with Crippen molar-refractivity contribution >= 4 is 45.0 Å². The normalized spacial score (nSPS) is 17.9. The number of hydrogen-bond donors (Lipinski definition) is 2. The van der Waals surface area contributed by atoms with E-state index >= 15 is 0 Å². The number of hydrogen-bond acceptors (Lipinski definition) is 4. The van der Waals surface area contributed by atoms with Crippen LogP contribution >= 0.6 is 15.9 Å². The van der Waals surface area contributed by atoms with Crippen LogP contribution in [-0.4, -0.2) is 59.7 Å². The van der Waals surface area contributed by atoms with E-state index in [2.05, 4.69) is 31.5 Å². The molecule has 1 atom stereocenters. The number of nitrogens with zero attached hydrogens (tertiary/aromatic N) is 2. The van der Waals surface area contributed by atoms with Crippen molar-refractivity contribution in [2.24, 2.45) is 5.92 Å². The van der Waals surface area contributed by atoms with Gasteiger partial charge in [0.05, 0.1) is 6.04 Å².